The van der Waals surface area contributed by atoms with Crippen LogP contribution in [0.1, 0.15) is 0 Å². The van der Waals surface area contributed by atoms with Gasteiger partial charge in [0.2, 0.25) is 0 Å². The van der Waals surface area contributed by atoms with Gasteiger partial charge < -0.3 is 15.4 Å². The fourth-order valence-electron chi connectivity index (χ4n) is 1.42. The molecule has 2 amide bonds. The Morgan fingerprint density at radius 3 is 3.07 bits per heavy atom. The van der Waals surface area contributed by atoms with E-state index in [0.29, 0.717) is 11.4 Å². The second-order valence-corrected chi connectivity index (χ2v) is 3.19. The summed E-state index contributed by atoms with van der Waals surface area (Å²) in [5.41, 5.74) is 5.64. The number of fused-ring (bicyclic) bond motifs is 1. The van der Waals surface area contributed by atoms with Crippen molar-refractivity contribution in [2.24, 2.45) is 5.73 Å². The molecule has 5 nitrogen and oxygen atoms in total. The second-order valence-electron chi connectivity index (χ2n) is 3.19. The van der Waals surface area contributed by atoms with Crippen LogP contribution in [0, 0.1) is 6.07 Å². The minimum Gasteiger partial charge on any atom is -0.468 e. The van der Waals surface area contributed by atoms with E-state index in [9.17, 15) is 9.59 Å². The topological polar surface area (TPSA) is 72.6 Å². The molecular weight excluding hydrogens is 196 g/mol. The summed E-state index contributed by atoms with van der Waals surface area (Å²) in [6.45, 7) is 0. The maximum Gasteiger partial charge on any atom is 0.277 e. The third-order valence-corrected chi connectivity index (χ3v) is 2.22. The molecular formula is C10H9N2O3. The lowest BCUT2D eigenvalue weighted by atomic mass is 10.2. The minimum absolute atomic E-state index is 0.458. The van der Waals surface area contributed by atoms with Crippen molar-refractivity contribution in [1.29, 1.82) is 0 Å². The molecule has 1 aliphatic heterocycles. The number of hydrogen-bond acceptors (Lipinski definition) is 3. The van der Waals surface area contributed by atoms with Crippen LogP contribution in [0.2, 0.25) is 0 Å². The first-order chi connectivity index (χ1) is 7.11. The zero-order chi connectivity index (χ0) is 11.0. The number of hydrogen-bond donors (Lipinski definition) is 1. The lowest BCUT2D eigenvalue weighted by Crippen LogP contribution is -2.50. The van der Waals surface area contributed by atoms with Gasteiger partial charge in [0.1, 0.15) is 5.75 Å². The van der Waals surface area contributed by atoms with E-state index in [1.807, 2.05) is 0 Å². The lowest BCUT2D eigenvalue weighted by molar-refractivity contribution is -0.136. The largest absolute Gasteiger partial charge is 0.468 e. The number of nitrogens with zero attached hydrogens (tertiary/aromatic N) is 1. The van der Waals surface area contributed by atoms with Gasteiger partial charge in [0.15, 0.2) is 0 Å². The van der Waals surface area contributed by atoms with Crippen LogP contribution in [0.4, 0.5) is 5.69 Å². The summed E-state index contributed by atoms with van der Waals surface area (Å²) in [6.07, 6.45) is -1.23. The van der Waals surface area contributed by atoms with Crippen molar-refractivity contribution in [3.8, 4) is 5.75 Å². The quantitative estimate of drug-likeness (QED) is 0.639. The van der Waals surface area contributed by atoms with E-state index in [4.69, 9.17) is 10.5 Å². The van der Waals surface area contributed by atoms with Crippen LogP contribution in [-0.4, -0.2) is 25.0 Å². The number of ether oxygens (including phenoxy) is 1. The Morgan fingerprint density at radius 2 is 2.40 bits per heavy atom. The predicted molar refractivity (Wildman–Crippen MR) is 52.3 cm³/mol. The van der Waals surface area contributed by atoms with Crippen LogP contribution >= 0.6 is 0 Å². The first-order valence-electron chi connectivity index (χ1n) is 4.35. The summed E-state index contributed by atoms with van der Waals surface area (Å²) in [4.78, 5) is 23.9. The van der Waals surface area contributed by atoms with Crippen LogP contribution in [0.15, 0.2) is 18.2 Å². The van der Waals surface area contributed by atoms with E-state index in [1.165, 1.54) is 4.90 Å². The maximum atomic E-state index is 11.6. The van der Waals surface area contributed by atoms with E-state index < -0.39 is 17.9 Å². The van der Waals surface area contributed by atoms with Crippen LogP contribution in [0.25, 0.3) is 0 Å². The molecule has 2 N–H and O–H groups in total. The van der Waals surface area contributed by atoms with Crippen molar-refractivity contribution < 1.29 is 14.3 Å². The number of carbonyl (C=O) groups excluding carboxylic acids is 2. The van der Waals surface area contributed by atoms with Crippen molar-refractivity contribution in [3.05, 3.63) is 24.3 Å². The summed E-state index contributed by atoms with van der Waals surface area (Å²) in [7, 11) is 1.56. The molecule has 77 valence electrons. The summed E-state index contributed by atoms with van der Waals surface area (Å²) in [5, 5.41) is 0. The molecule has 1 aliphatic rings. The van der Waals surface area contributed by atoms with Crippen molar-refractivity contribution in [2.45, 2.75) is 6.10 Å². The average Bonchev–Trinajstić information content (AvgIpc) is 2.23. The summed E-state index contributed by atoms with van der Waals surface area (Å²) in [5.74, 6) is -0.792. The molecule has 5 heteroatoms. The fraction of sp³-hybridized carbons (Fsp3) is 0.200. The van der Waals surface area contributed by atoms with Crippen molar-refractivity contribution in [3.63, 3.8) is 0 Å². The van der Waals surface area contributed by atoms with Crippen molar-refractivity contribution in [2.75, 3.05) is 11.9 Å². The highest BCUT2D eigenvalue weighted by Gasteiger charge is 2.35. The molecule has 0 fully saturated rings. The Bertz CT molecular complexity index is 430. The van der Waals surface area contributed by atoms with Crippen LogP contribution in [-0.2, 0) is 9.59 Å². The van der Waals surface area contributed by atoms with Crippen LogP contribution in [0.5, 0.6) is 5.75 Å². The molecule has 1 aromatic carbocycles. The zero-order valence-electron chi connectivity index (χ0n) is 8.06. The maximum absolute atomic E-state index is 11.6. The number of carbonyl (C=O) groups is 2. The van der Waals surface area contributed by atoms with E-state index in [2.05, 4.69) is 6.07 Å². The Kier molecular flexibility index (Phi) is 2.07. The van der Waals surface area contributed by atoms with Gasteiger partial charge in [-0.3, -0.25) is 9.59 Å². The molecule has 0 aromatic heterocycles. The molecule has 1 unspecified atom stereocenters. The van der Waals surface area contributed by atoms with E-state index in [0.717, 1.165) is 0 Å². The van der Waals surface area contributed by atoms with Gasteiger partial charge in [-0.25, -0.2) is 0 Å². The van der Waals surface area contributed by atoms with E-state index in [1.54, 1.807) is 25.2 Å². The van der Waals surface area contributed by atoms with Gasteiger partial charge in [0, 0.05) is 7.05 Å². The van der Waals surface area contributed by atoms with Gasteiger partial charge in [-0.05, 0) is 18.2 Å². The minimum atomic E-state index is -1.23. The number of anilines is 1. The summed E-state index contributed by atoms with van der Waals surface area (Å²) < 4.78 is 5.19. The number of likely N-dealkylation sites (N-methyl/N-ethyl adjacent to an activating group) is 1. The molecule has 0 aliphatic carbocycles. The first-order valence-corrected chi connectivity index (χ1v) is 4.35. The monoisotopic (exact) mass is 205 g/mol. The molecule has 1 aromatic rings. The van der Waals surface area contributed by atoms with Gasteiger partial charge in [0.25, 0.3) is 17.9 Å². The predicted octanol–water partition coefficient (Wildman–Crippen LogP) is -0.304. The lowest BCUT2D eigenvalue weighted by Gasteiger charge is -2.30. The van der Waals surface area contributed by atoms with E-state index in [-0.39, 0.29) is 0 Å². The Balaban J connectivity index is 2.45. The molecule has 0 saturated heterocycles. The van der Waals surface area contributed by atoms with Crippen molar-refractivity contribution in [1.82, 2.24) is 0 Å². The highest BCUT2D eigenvalue weighted by atomic mass is 16.5. The standard InChI is InChI=1S/C10H9N2O3/c1-12-6-4-2-3-5-7(6)15-8(9(11)13)10(12)14/h3-5,8H,1H3,(H2,11,13). The van der Waals surface area contributed by atoms with Crippen molar-refractivity contribution >= 4 is 17.5 Å². The van der Waals surface area contributed by atoms with Crippen LogP contribution < -0.4 is 15.4 Å². The summed E-state index contributed by atoms with van der Waals surface area (Å²) >= 11 is 0. The third-order valence-electron chi connectivity index (χ3n) is 2.22. The molecule has 0 saturated carbocycles. The summed E-state index contributed by atoms with van der Waals surface area (Å²) in [6, 6.07) is 7.71. The SMILES string of the molecule is CN1C(=O)C(C(N)=O)Oc2cc[c]cc21. The smallest absolute Gasteiger partial charge is 0.277 e. The normalized spacial score (nSPS) is 19.4. The third kappa shape index (κ3) is 1.41. The van der Waals surface area contributed by atoms with Gasteiger partial charge in [-0.1, -0.05) is 6.07 Å². The molecule has 0 bridgehead atoms. The molecule has 15 heavy (non-hydrogen) atoms. The Hall–Kier alpha value is -2.04. The molecule has 1 radical (unpaired) electrons. The van der Waals surface area contributed by atoms with E-state index >= 15 is 0 Å². The van der Waals surface area contributed by atoms with Gasteiger partial charge in [-0.2, -0.15) is 0 Å². The Labute approximate surface area is 86.4 Å². The fourth-order valence-corrected chi connectivity index (χ4v) is 1.42. The highest BCUT2D eigenvalue weighted by molar-refractivity contribution is 6.11. The highest BCUT2D eigenvalue weighted by Crippen LogP contribution is 2.32. The first kappa shape index (κ1) is 9.51. The van der Waals surface area contributed by atoms with Gasteiger partial charge in [0.05, 0.1) is 5.69 Å². The Morgan fingerprint density at radius 1 is 1.67 bits per heavy atom. The average molecular weight is 205 g/mol. The second kappa shape index (κ2) is 3.27. The van der Waals surface area contributed by atoms with Gasteiger partial charge >= 0.3 is 0 Å². The van der Waals surface area contributed by atoms with Gasteiger partial charge in [-0.15, -0.1) is 0 Å². The number of benzene rings is 1. The number of nitrogens with two attached hydrogens (primary N) is 1. The molecule has 0 spiro atoms. The number of amides is 2. The number of primary amides is 1. The van der Waals surface area contributed by atoms with Crippen LogP contribution in [0.3, 0.4) is 0 Å². The molecule has 2 rings (SSSR count). The number of rotatable bonds is 1. The molecule has 1 heterocycles. The molecule has 1 atom stereocenters. The zero-order valence-corrected chi connectivity index (χ0v) is 8.06.